The summed E-state index contributed by atoms with van der Waals surface area (Å²) in [4.78, 5) is 57.0. The van der Waals surface area contributed by atoms with E-state index in [0.29, 0.717) is 33.1 Å². The first-order chi connectivity index (χ1) is 35.5. The normalized spacial score (nSPS) is 15.1. The second-order valence-electron chi connectivity index (χ2n) is 19.9. The minimum Gasteiger partial charge on any atom is -0.545 e. The van der Waals surface area contributed by atoms with E-state index in [2.05, 4.69) is 32.2 Å². The molecule has 5 aliphatic rings. The molecule has 6 heterocycles. The Morgan fingerprint density at radius 3 is 2.19 bits per heavy atom. The first kappa shape index (κ1) is 46.4. The number of aromatic nitrogens is 1. The number of carbonyl (C=O) groups excluding carboxylic acids is 4. The molecule has 0 bridgehead atoms. The van der Waals surface area contributed by atoms with Crippen LogP contribution in [0.3, 0.4) is 0 Å². The molecular weight excluding hydrogens is 938 g/mol. The summed E-state index contributed by atoms with van der Waals surface area (Å²) >= 11 is 6.10. The highest BCUT2D eigenvalue weighted by Gasteiger charge is 2.36. The molecule has 2 amide bonds. The predicted octanol–water partition coefficient (Wildman–Crippen LogP) is 6.89. The summed E-state index contributed by atoms with van der Waals surface area (Å²) in [6, 6.07) is 29.2. The van der Waals surface area contributed by atoms with Gasteiger partial charge in [0.1, 0.15) is 30.3 Å². The number of aryl methyl sites for hydroxylation is 2. The van der Waals surface area contributed by atoms with Crippen LogP contribution < -0.4 is 45.3 Å². The van der Waals surface area contributed by atoms with Crippen LogP contribution >= 0.6 is 11.6 Å². The summed E-state index contributed by atoms with van der Waals surface area (Å²) in [5.74, 6) is 0.0645. The van der Waals surface area contributed by atoms with Crippen LogP contribution in [0.4, 0.5) is 5.69 Å². The predicted molar refractivity (Wildman–Crippen MR) is 279 cm³/mol. The molecule has 0 radical (unpaired) electrons. The van der Waals surface area contributed by atoms with Crippen LogP contribution in [-0.4, -0.2) is 61.5 Å². The second kappa shape index (κ2) is 18.7. The van der Waals surface area contributed by atoms with Crippen molar-refractivity contribution in [2.45, 2.75) is 77.8 Å². The van der Waals surface area contributed by atoms with Crippen molar-refractivity contribution in [3.8, 4) is 17.2 Å². The Kier molecular flexibility index (Phi) is 11.9. The van der Waals surface area contributed by atoms with Crippen molar-refractivity contribution >= 4 is 57.5 Å². The van der Waals surface area contributed by atoms with Gasteiger partial charge in [-0.25, -0.2) is 4.58 Å². The van der Waals surface area contributed by atoms with Crippen molar-refractivity contribution in [2.24, 2.45) is 0 Å². The van der Waals surface area contributed by atoms with Crippen molar-refractivity contribution in [1.82, 2.24) is 19.8 Å². The van der Waals surface area contributed by atoms with Gasteiger partial charge in [0.25, 0.3) is 11.8 Å². The van der Waals surface area contributed by atoms with Crippen LogP contribution in [0.1, 0.15) is 113 Å². The van der Waals surface area contributed by atoms with Crippen molar-refractivity contribution in [3.05, 3.63) is 185 Å². The number of nitrogens with one attached hydrogen (secondary N) is 2. The van der Waals surface area contributed by atoms with E-state index in [1.807, 2.05) is 43.3 Å². The molecule has 2 N–H and O–H groups in total. The molecule has 0 aliphatic carbocycles. The van der Waals surface area contributed by atoms with Crippen LogP contribution in [0.2, 0.25) is 5.02 Å². The number of halogens is 1. The molecule has 1 aromatic heterocycles. The van der Waals surface area contributed by atoms with Crippen molar-refractivity contribution in [3.63, 3.8) is 0 Å². The molecule has 12 rings (SSSR count). The Morgan fingerprint density at radius 1 is 0.740 bits per heavy atom. The van der Waals surface area contributed by atoms with Gasteiger partial charge in [-0.05, 0) is 140 Å². The van der Waals surface area contributed by atoms with Gasteiger partial charge < -0.3 is 34.9 Å². The number of carboxylic acid groups (broad SMARTS) is 1. The van der Waals surface area contributed by atoms with E-state index < -0.39 is 11.9 Å². The number of methoxy groups -OCH3 is 1. The number of anilines is 1. The molecule has 368 valence electrons. The number of nitrogens with zero attached hydrogens (tertiary/aromatic N) is 3. The molecule has 0 saturated heterocycles. The second-order valence-corrected chi connectivity index (χ2v) is 20.4. The van der Waals surface area contributed by atoms with E-state index in [1.165, 1.54) is 39.4 Å². The standard InChI is InChI=1S/C60H54ClN5O7/c1-34-46(47-30-42(72-2)20-22-51(47)66(34)59(69)37-15-18-41(61)19-16-37)31-52(67)62-32-35-11-13-36(14-12-35)33-63-58(68)40-17-21-43(48(29-40)60(70)71)53-49-27-38-7-3-23-64-25-5-9-44(54(38)64)56(49)73-57-45-10-6-26-65-24-4-8-39(55(45)65)28-50(53)57/h11-22,27-30H,3-10,23-26,31-33H2,1-2H3,(H2-,62,63,67,68,70,71). The van der Waals surface area contributed by atoms with Gasteiger partial charge in [-0.2, -0.15) is 0 Å². The number of ether oxygens (including phenoxy) is 2. The Labute approximate surface area is 427 Å². The SMILES string of the molecule is COc1ccc2c(c1)c(CC(=O)NCc1ccc(CNC(=O)c3ccc(C4=c5cc6c7c(c5Oc5c4cc4c8c5CCCN8CCC4)CCC[N+]=7CCC6)c(C(=O)[O-])c3)cc1)c(C)n2C(=O)c1ccc(Cl)cc1. The van der Waals surface area contributed by atoms with E-state index in [9.17, 15) is 24.3 Å². The first-order valence-electron chi connectivity index (χ1n) is 25.4. The lowest BCUT2D eigenvalue weighted by Gasteiger charge is -2.39. The molecular formula is C60H54ClN5O7. The van der Waals surface area contributed by atoms with Crippen LogP contribution in [-0.2, 0) is 50.0 Å². The largest absolute Gasteiger partial charge is 0.545 e. The average Bonchev–Trinajstić information content (AvgIpc) is 3.68. The van der Waals surface area contributed by atoms with Gasteiger partial charge in [-0.15, -0.1) is 0 Å². The Bertz CT molecular complexity index is 3630. The van der Waals surface area contributed by atoms with Crippen LogP contribution in [0.5, 0.6) is 17.2 Å². The van der Waals surface area contributed by atoms with Crippen LogP contribution in [0.25, 0.3) is 16.5 Å². The van der Waals surface area contributed by atoms with Gasteiger partial charge in [0, 0.05) is 105 Å². The van der Waals surface area contributed by atoms with Gasteiger partial charge in [0.2, 0.25) is 11.3 Å². The zero-order chi connectivity index (χ0) is 50.1. The number of rotatable bonds is 11. The summed E-state index contributed by atoms with van der Waals surface area (Å²) in [5.41, 5.74) is 12.9. The van der Waals surface area contributed by atoms with Gasteiger partial charge in [0.05, 0.1) is 30.6 Å². The van der Waals surface area contributed by atoms with E-state index in [0.717, 1.165) is 127 Å². The van der Waals surface area contributed by atoms with E-state index >= 15 is 0 Å². The molecule has 73 heavy (non-hydrogen) atoms. The molecule has 0 spiro atoms. The number of aromatic carboxylic acids is 1. The summed E-state index contributed by atoms with van der Waals surface area (Å²) in [5, 5.41) is 22.8. The van der Waals surface area contributed by atoms with E-state index in [1.54, 1.807) is 54.1 Å². The Hall–Kier alpha value is -7.70. The quantitative estimate of drug-likeness (QED) is 0.134. The van der Waals surface area contributed by atoms with E-state index in [4.69, 9.17) is 21.1 Å². The summed E-state index contributed by atoms with van der Waals surface area (Å²) < 4.78 is 16.8. The molecule has 5 aliphatic heterocycles. The number of amides is 2. The Morgan fingerprint density at radius 2 is 1.44 bits per heavy atom. The van der Waals surface area contributed by atoms with Gasteiger partial charge in [-0.1, -0.05) is 41.9 Å². The Balaban J connectivity index is 0.779. The zero-order valence-electron chi connectivity index (χ0n) is 40.9. The zero-order valence-corrected chi connectivity index (χ0v) is 41.7. The molecule has 12 nitrogen and oxygen atoms in total. The fourth-order valence-electron chi connectivity index (χ4n) is 12.2. The number of benzene rings is 6. The molecule has 7 aromatic rings. The summed E-state index contributed by atoms with van der Waals surface area (Å²) in [6.45, 7) is 6.39. The number of hydrogen-bond acceptors (Lipinski definition) is 8. The summed E-state index contributed by atoms with van der Waals surface area (Å²) in [7, 11) is 1.58. The highest BCUT2D eigenvalue weighted by molar-refractivity contribution is 6.30. The monoisotopic (exact) mass is 991 g/mol. The van der Waals surface area contributed by atoms with Crippen LogP contribution in [0, 0.1) is 6.92 Å². The molecule has 0 saturated carbocycles. The fourth-order valence-corrected chi connectivity index (χ4v) is 12.3. The van der Waals surface area contributed by atoms with E-state index in [-0.39, 0.29) is 42.5 Å². The number of carbonyl (C=O) groups is 4. The molecule has 0 unspecified atom stereocenters. The lowest BCUT2D eigenvalue weighted by molar-refractivity contribution is -0.255. The lowest BCUT2D eigenvalue weighted by atomic mass is 9.81. The molecule has 13 heteroatoms. The number of fused-ring (bicyclic) bond motifs is 5. The maximum atomic E-state index is 13.9. The molecule has 0 fully saturated rings. The maximum Gasteiger partial charge on any atom is 0.262 e. The molecule has 0 atom stereocenters. The fraction of sp³-hybridized carbons (Fsp3) is 0.283. The highest BCUT2D eigenvalue weighted by atomic mass is 35.5. The van der Waals surface area contributed by atoms with Crippen molar-refractivity contribution < 1.29 is 33.8 Å². The molecule has 6 aromatic carbocycles. The smallest absolute Gasteiger partial charge is 0.262 e. The minimum absolute atomic E-state index is 0.0403. The maximum absolute atomic E-state index is 13.9. The summed E-state index contributed by atoms with van der Waals surface area (Å²) in [6.07, 6.45) is 7.90. The van der Waals surface area contributed by atoms with Gasteiger partial charge in [-0.3, -0.25) is 19.0 Å². The van der Waals surface area contributed by atoms with Gasteiger partial charge in [0.15, 0.2) is 0 Å². The highest BCUT2D eigenvalue weighted by Crippen LogP contribution is 2.49. The first-order valence-corrected chi connectivity index (χ1v) is 25.8. The van der Waals surface area contributed by atoms with Gasteiger partial charge >= 0.3 is 0 Å². The lowest BCUT2D eigenvalue weighted by Crippen LogP contribution is -2.45. The van der Waals surface area contributed by atoms with Crippen LogP contribution in [0.15, 0.2) is 97.1 Å². The number of carboxylic acids is 1. The van der Waals surface area contributed by atoms with Crippen molar-refractivity contribution in [2.75, 3.05) is 38.2 Å². The third-order valence-electron chi connectivity index (χ3n) is 15.6. The average molecular weight is 993 g/mol. The number of hydrogen-bond donors (Lipinski definition) is 2. The minimum atomic E-state index is -1.35. The van der Waals surface area contributed by atoms with Crippen molar-refractivity contribution in [1.29, 1.82) is 0 Å². The third kappa shape index (κ3) is 8.21. The topological polar surface area (TPSA) is 145 Å². The third-order valence-corrected chi connectivity index (χ3v) is 15.8.